The predicted molar refractivity (Wildman–Crippen MR) is 131 cm³/mol. The number of carboxylic acid groups (broad SMARTS) is 1. The number of aliphatic carboxylic acids is 1. The van der Waals surface area contributed by atoms with Gasteiger partial charge in [0, 0.05) is 18.1 Å². The van der Waals surface area contributed by atoms with E-state index in [4.69, 9.17) is 0 Å². The minimum absolute atomic E-state index is 0.0326. The van der Waals surface area contributed by atoms with Crippen molar-refractivity contribution in [3.63, 3.8) is 0 Å². The molecule has 0 aliphatic carbocycles. The normalized spacial score (nSPS) is 20.6. The number of fused-ring (bicyclic) bond motifs is 1. The fourth-order valence-corrected chi connectivity index (χ4v) is 8.22. The number of carbonyl (C=O) groups is 3. The molecule has 10 nitrogen and oxygen atoms in total. The van der Waals surface area contributed by atoms with Crippen molar-refractivity contribution in [3.05, 3.63) is 34.5 Å². The molecular formula is C20H23N5O5S4. The van der Waals surface area contributed by atoms with Crippen LogP contribution in [0.15, 0.2) is 38.0 Å². The molecule has 0 radical (unpaired) electrons. The number of thioether (sulfide) groups is 2. The Labute approximate surface area is 211 Å². The lowest BCUT2D eigenvalue weighted by atomic mass is 10.0. The van der Waals surface area contributed by atoms with Gasteiger partial charge in [0.2, 0.25) is 5.91 Å². The van der Waals surface area contributed by atoms with Gasteiger partial charge in [0.25, 0.3) is 5.91 Å². The first kappa shape index (κ1) is 24.9. The molecule has 3 unspecified atom stereocenters. The van der Waals surface area contributed by atoms with Crippen LogP contribution in [0.1, 0.15) is 19.5 Å². The summed E-state index contributed by atoms with van der Waals surface area (Å²) in [6, 6.07) is 2.61. The summed E-state index contributed by atoms with van der Waals surface area (Å²) < 4.78 is 14.7. The molecule has 2 N–H and O–H groups in total. The third-order valence-corrected chi connectivity index (χ3v) is 10.4. The maximum absolute atomic E-state index is 12.8. The summed E-state index contributed by atoms with van der Waals surface area (Å²) in [5.74, 6) is -1.61. The van der Waals surface area contributed by atoms with E-state index in [1.165, 1.54) is 39.8 Å². The van der Waals surface area contributed by atoms with E-state index in [0.29, 0.717) is 27.8 Å². The lowest BCUT2D eigenvalue weighted by molar-refractivity contribution is -0.150. The summed E-state index contributed by atoms with van der Waals surface area (Å²) in [5, 5.41) is 22.9. The van der Waals surface area contributed by atoms with Gasteiger partial charge in [-0.3, -0.25) is 18.7 Å². The number of nitrogens with zero attached hydrogens (tertiary/aromatic N) is 4. The smallest absolute Gasteiger partial charge is 0.352 e. The zero-order valence-electron chi connectivity index (χ0n) is 18.4. The Bertz CT molecular complexity index is 1160. The molecule has 14 heteroatoms. The molecule has 2 amide bonds. The van der Waals surface area contributed by atoms with Crippen molar-refractivity contribution in [2.75, 3.05) is 17.3 Å². The maximum Gasteiger partial charge on any atom is 0.352 e. The molecule has 3 atom stereocenters. The zero-order chi connectivity index (χ0) is 24.4. The van der Waals surface area contributed by atoms with Gasteiger partial charge in [0.1, 0.15) is 27.9 Å². The van der Waals surface area contributed by atoms with Crippen molar-refractivity contribution < 1.29 is 23.7 Å². The van der Waals surface area contributed by atoms with Crippen LogP contribution in [0.5, 0.6) is 0 Å². The lowest BCUT2D eigenvalue weighted by Crippen LogP contribution is -2.70. The Hall–Kier alpha value is -2.16. The summed E-state index contributed by atoms with van der Waals surface area (Å²) in [6.45, 7) is 4.70. The Balaban J connectivity index is 1.43. The van der Waals surface area contributed by atoms with Crippen molar-refractivity contribution in [1.29, 1.82) is 0 Å². The first-order valence-corrected chi connectivity index (χ1v) is 14.7. The summed E-state index contributed by atoms with van der Waals surface area (Å²) in [5.41, 5.74) is 1.59. The van der Waals surface area contributed by atoms with E-state index < -0.39 is 40.0 Å². The molecule has 0 aromatic carbocycles. The molecule has 2 aromatic rings. The second-order valence-corrected chi connectivity index (χ2v) is 12.1. The third kappa shape index (κ3) is 4.81. The Kier molecular flexibility index (Phi) is 7.80. The van der Waals surface area contributed by atoms with Gasteiger partial charge in [-0.15, -0.1) is 28.2 Å². The second-order valence-electron chi connectivity index (χ2n) is 7.43. The minimum atomic E-state index is -1.48. The molecule has 182 valence electrons. The monoisotopic (exact) mass is 541 g/mol. The highest BCUT2D eigenvalue weighted by Crippen LogP contribution is 2.41. The summed E-state index contributed by atoms with van der Waals surface area (Å²) in [6.07, 6.45) is 0.758. The third-order valence-electron chi connectivity index (χ3n) is 5.37. The summed E-state index contributed by atoms with van der Waals surface area (Å²) in [4.78, 5) is 38.5. The van der Waals surface area contributed by atoms with Gasteiger partial charge < -0.3 is 10.4 Å². The maximum atomic E-state index is 12.8. The van der Waals surface area contributed by atoms with E-state index in [1.54, 1.807) is 17.5 Å². The van der Waals surface area contributed by atoms with Crippen molar-refractivity contribution in [1.82, 2.24) is 25.2 Å². The Morgan fingerprint density at radius 1 is 1.38 bits per heavy atom. The molecule has 0 bridgehead atoms. The number of carbonyl (C=O) groups excluding carboxylic acids is 2. The van der Waals surface area contributed by atoms with E-state index in [9.17, 15) is 23.7 Å². The van der Waals surface area contributed by atoms with Crippen LogP contribution in [0, 0.1) is 0 Å². The van der Waals surface area contributed by atoms with Gasteiger partial charge in [-0.05, 0) is 30.4 Å². The number of aryl methyl sites for hydroxylation is 1. The van der Waals surface area contributed by atoms with Crippen LogP contribution in [-0.4, -0.2) is 75.7 Å². The highest BCUT2D eigenvalue weighted by Gasteiger charge is 2.54. The van der Waals surface area contributed by atoms with Crippen LogP contribution >= 0.6 is 34.9 Å². The average Bonchev–Trinajstić information content (AvgIpc) is 3.50. The molecule has 1 saturated heterocycles. The number of aromatic nitrogens is 3. The fourth-order valence-electron chi connectivity index (χ4n) is 3.76. The Morgan fingerprint density at radius 2 is 2.18 bits per heavy atom. The molecule has 4 rings (SSSR count). The van der Waals surface area contributed by atoms with Crippen LogP contribution in [0.4, 0.5) is 0 Å². The average molecular weight is 542 g/mol. The summed E-state index contributed by atoms with van der Waals surface area (Å²) >= 11 is 4.12. The highest BCUT2D eigenvalue weighted by molar-refractivity contribution is 8.01. The van der Waals surface area contributed by atoms with Crippen LogP contribution in [0.2, 0.25) is 0 Å². The Morgan fingerprint density at radius 3 is 2.82 bits per heavy atom. The number of hydrogen-bond donors (Lipinski definition) is 2. The molecular weight excluding hydrogens is 519 g/mol. The largest absolute Gasteiger partial charge is 0.477 e. The number of thiophene rings is 1. The molecule has 1 fully saturated rings. The number of nitrogens with one attached hydrogen (secondary N) is 1. The lowest BCUT2D eigenvalue weighted by Gasteiger charge is -2.49. The molecule has 4 heterocycles. The first-order valence-electron chi connectivity index (χ1n) is 10.5. The van der Waals surface area contributed by atoms with E-state index >= 15 is 0 Å². The van der Waals surface area contributed by atoms with Crippen LogP contribution in [0.25, 0.3) is 0 Å². The number of amides is 2. The second kappa shape index (κ2) is 10.6. The van der Waals surface area contributed by atoms with Crippen molar-refractivity contribution in [2.45, 2.75) is 47.5 Å². The topological polar surface area (TPSA) is 134 Å². The van der Waals surface area contributed by atoms with Gasteiger partial charge in [-0.1, -0.05) is 30.0 Å². The molecule has 0 spiro atoms. The van der Waals surface area contributed by atoms with Crippen LogP contribution in [-0.2, 0) is 38.1 Å². The molecule has 0 saturated carbocycles. The number of hydrogen-bond acceptors (Lipinski definition) is 9. The SMILES string of the molecule is CCc1c(SCC2=C(C(=O)O)N3C(=O)C(NC(=O)CS(=O)c4cccs4)C3SC2)nnn1CC. The van der Waals surface area contributed by atoms with E-state index in [2.05, 4.69) is 15.6 Å². The molecule has 2 aliphatic heterocycles. The minimum Gasteiger partial charge on any atom is -0.477 e. The van der Waals surface area contributed by atoms with Crippen molar-refractivity contribution in [3.8, 4) is 0 Å². The van der Waals surface area contributed by atoms with Crippen molar-refractivity contribution in [2.24, 2.45) is 0 Å². The van der Waals surface area contributed by atoms with Gasteiger partial charge in [-0.2, -0.15) is 0 Å². The highest BCUT2D eigenvalue weighted by atomic mass is 32.2. The predicted octanol–water partition coefficient (Wildman–Crippen LogP) is 1.56. The number of β-lactam (4-membered cyclic amide) rings is 1. The van der Waals surface area contributed by atoms with Gasteiger partial charge in [0.15, 0.2) is 0 Å². The fraction of sp³-hybridized carbons (Fsp3) is 0.450. The zero-order valence-corrected chi connectivity index (χ0v) is 21.7. The van der Waals surface area contributed by atoms with E-state index in [0.717, 1.165) is 17.1 Å². The first-order chi connectivity index (χ1) is 16.3. The van der Waals surface area contributed by atoms with Crippen LogP contribution < -0.4 is 5.32 Å². The number of rotatable bonds is 10. The van der Waals surface area contributed by atoms with Gasteiger partial charge in [0.05, 0.1) is 20.7 Å². The van der Waals surface area contributed by atoms with Crippen molar-refractivity contribution >= 4 is 63.4 Å². The molecule has 34 heavy (non-hydrogen) atoms. The standard InChI is InChI=1S/C20H23N5O5S4/c1-3-12-17(22-23-24(12)4-2)32-8-11-9-33-19-15(18(27)25(19)16(11)20(28)29)21-13(26)10-34(30)14-6-5-7-31-14/h5-7,15,19H,3-4,8-10H2,1-2H3,(H,21,26)(H,28,29). The summed E-state index contributed by atoms with van der Waals surface area (Å²) in [7, 11) is -1.48. The van der Waals surface area contributed by atoms with Gasteiger partial charge in [-0.25, -0.2) is 9.48 Å². The number of carboxylic acids is 1. The van der Waals surface area contributed by atoms with E-state index in [1.807, 2.05) is 18.5 Å². The van der Waals surface area contributed by atoms with Crippen LogP contribution in [0.3, 0.4) is 0 Å². The van der Waals surface area contributed by atoms with Gasteiger partial charge >= 0.3 is 5.97 Å². The molecule has 2 aliphatic rings. The quantitative estimate of drug-likeness (QED) is 0.339. The molecule has 2 aromatic heterocycles. The van der Waals surface area contributed by atoms with E-state index in [-0.39, 0.29) is 11.4 Å².